The van der Waals surface area contributed by atoms with Crippen molar-refractivity contribution in [2.45, 2.75) is 14.8 Å². The summed E-state index contributed by atoms with van der Waals surface area (Å²) in [6.45, 7) is 0. The Morgan fingerprint density at radius 2 is 0.700 bits per heavy atom. The molecule has 1 rings (SSSR count). The summed E-state index contributed by atoms with van der Waals surface area (Å²) in [5.41, 5.74) is 0. The van der Waals surface area contributed by atoms with Crippen LogP contribution in [0.4, 0.5) is 0 Å². The molecular weight excluding hydrogens is 227 g/mol. The molecule has 55 valence electrons. The largest absolute Gasteiger partial charge is 0.0623 e. The summed E-state index contributed by atoms with van der Waals surface area (Å²) in [7, 11) is 0. The molecule has 0 unspecified atom stereocenters. The quantitative estimate of drug-likeness (QED) is 0.613. The van der Waals surface area contributed by atoms with E-state index in [2.05, 4.69) is 14.8 Å². The van der Waals surface area contributed by atoms with Crippen molar-refractivity contribution in [1.29, 1.82) is 0 Å². The second-order valence-corrected chi connectivity index (χ2v) is 11.2. The average molecular weight is 242 g/mol. The van der Waals surface area contributed by atoms with Crippen LogP contribution in [0, 0.1) is 0 Å². The monoisotopic (exact) mass is 243 g/mol. The van der Waals surface area contributed by atoms with Crippen molar-refractivity contribution < 1.29 is 0 Å². The van der Waals surface area contributed by atoms with Crippen LogP contribution in [0.15, 0.2) is 36.4 Å². The Balaban J connectivity index is 0.000000180. The Bertz CT molecular complexity index is 105. The fourth-order valence-corrected chi connectivity index (χ4v) is 0.385. The standard InChI is InChI=1S/C6H6.3CH3.Sn/c1-2-4-6-5-3-1;;;;/h1-6H;3*1H3;. The topological polar surface area (TPSA) is 0 Å². The van der Waals surface area contributed by atoms with Gasteiger partial charge in [0.05, 0.1) is 0 Å². The normalized spacial score (nSPS) is 8.40. The molecular formula is C9H15Sn. The van der Waals surface area contributed by atoms with Gasteiger partial charge in [0.25, 0.3) is 0 Å². The minimum Gasteiger partial charge on any atom is -0.0623 e. The zero-order valence-corrected chi connectivity index (χ0v) is 9.82. The molecule has 1 heteroatoms. The maximum atomic E-state index is 2.36. The van der Waals surface area contributed by atoms with Gasteiger partial charge in [0.1, 0.15) is 0 Å². The van der Waals surface area contributed by atoms with E-state index in [0.29, 0.717) is 0 Å². The van der Waals surface area contributed by atoms with Gasteiger partial charge < -0.3 is 0 Å². The van der Waals surface area contributed by atoms with Crippen LogP contribution in [0.25, 0.3) is 0 Å². The molecule has 0 aromatic heterocycles. The summed E-state index contributed by atoms with van der Waals surface area (Å²) in [6.07, 6.45) is 0. The predicted molar refractivity (Wildman–Crippen MR) is 49.8 cm³/mol. The third-order valence-corrected chi connectivity index (χ3v) is 0.667. The molecule has 0 aliphatic rings. The molecule has 0 bridgehead atoms. The summed E-state index contributed by atoms with van der Waals surface area (Å²) in [5, 5.41) is 0. The molecule has 1 aromatic carbocycles. The maximum absolute atomic E-state index is 2.36. The number of hydrogen-bond acceptors (Lipinski definition) is 0. The van der Waals surface area contributed by atoms with Crippen LogP contribution >= 0.6 is 0 Å². The van der Waals surface area contributed by atoms with Crippen molar-refractivity contribution in [2.24, 2.45) is 0 Å². The van der Waals surface area contributed by atoms with Crippen LogP contribution in [0.2, 0.25) is 14.8 Å². The molecule has 1 radical (unpaired) electrons. The zero-order chi connectivity index (χ0) is 7.82. The first-order valence-corrected chi connectivity index (χ1v) is 12.1. The third kappa shape index (κ3) is 10.9. The number of hydrogen-bond donors (Lipinski definition) is 0. The van der Waals surface area contributed by atoms with E-state index < -0.39 is 19.8 Å². The molecule has 0 aliphatic carbocycles. The Morgan fingerprint density at radius 3 is 0.800 bits per heavy atom. The van der Waals surface area contributed by atoms with Gasteiger partial charge in [0, 0.05) is 0 Å². The van der Waals surface area contributed by atoms with E-state index in [1.165, 1.54) is 0 Å². The second-order valence-electron chi connectivity index (χ2n) is 2.65. The van der Waals surface area contributed by atoms with Crippen molar-refractivity contribution in [3.63, 3.8) is 0 Å². The minimum absolute atomic E-state index is 0.543. The summed E-state index contributed by atoms with van der Waals surface area (Å²) in [6, 6.07) is 12.0. The Hall–Kier alpha value is 0.0187. The van der Waals surface area contributed by atoms with E-state index in [4.69, 9.17) is 0 Å². The molecule has 0 spiro atoms. The van der Waals surface area contributed by atoms with E-state index in [9.17, 15) is 0 Å². The molecule has 0 atom stereocenters. The second kappa shape index (κ2) is 7.13. The summed E-state index contributed by atoms with van der Waals surface area (Å²) in [4.78, 5) is 7.09. The van der Waals surface area contributed by atoms with Crippen LogP contribution in [-0.4, -0.2) is 19.8 Å². The molecule has 0 N–H and O–H groups in total. The van der Waals surface area contributed by atoms with Gasteiger partial charge in [-0.15, -0.1) is 0 Å². The van der Waals surface area contributed by atoms with Gasteiger partial charge in [-0.05, 0) is 0 Å². The zero-order valence-electron chi connectivity index (χ0n) is 6.96. The predicted octanol–water partition coefficient (Wildman–Crippen LogP) is 3.06. The number of rotatable bonds is 0. The molecule has 10 heavy (non-hydrogen) atoms. The summed E-state index contributed by atoms with van der Waals surface area (Å²) < 4.78 is 0. The Morgan fingerprint density at radius 1 is 0.600 bits per heavy atom. The SMILES string of the molecule is [CH3][Sn]([CH3])[CH3].c1ccccc1. The van der Waals surface area contributed by atoms with E-state index in [1.54, 1.807) is 0 Å². The molecule has 0 fully saturated rings. The first-order valence-electron chi connectivity index (χ1n) is 3.50. The molecule has 0 saturated carbocycles. The van der Waals surface area contributed by atoms with Crippen LogP contribution in [-0.2, 0) is 0 Å². The molecule has 1 aromatic rings. The van der Waals surface area contributed by atoms with Crippen LogP contribution < -0.4 is 0 Å². The first-order chi connectivity index (χ1) is 4.73. The van der Waals surface area contributed by atoms with Gasteiger partial charge in [0.15, 0.2) is 0 Å². The molecule has 0 amide bonds. The van der Waals surface area contributed by atoms with Crippen molar-refractivity contribution in [1.82, 2.24) is 0 Å². The molecule has 0 nitrogen and oxygen atoms in total. The van der Waals surface area contributed by atoms with Gasteiger partial charge in [-0.25, -0.2) is 0 Å². The van der Waals surface area contributed by atoms with Crippen LogP contribution in [0.3, 0.4) is 0 Å². The molecule has 0 heterocycles. The fraction of sp³-hybridized carbons (Fsp3) is 0.333. The fourth-order valence-electron chi connectivity index (χ4n) is 0.385. The first kappa shape index (κ1) is 10.0. The smallest absolute Gasteiger partial charge is 0.0623 e. The van der Waals surface area contributed by atoms with Gasteiger partial charge in [0.2, 0.25) is 0 Å². The van der Waals surface area contributed by atoms with E-state index in [1.807, 2.05) is 36.4 Å². The number of benzene rings is 1. The minimum atomic E-state index is -0.543. The Labute approximate surface area is 71.0 Å². The summed E-state index contributed by atoms with van der Waals surface area (Å²) >= 11 is -0.543. The van der Waals surface area contributed by atoms with E-state index in [0.717, 1.165) is 0 Å². The van der Waals surface area contributed by atoms with E-state index >= 15 is 0 Å². The van der Waals surface area contributed by atoms with Gasteiger partial charge in [-0.2, -0.15) is 0 Å². The van der Waals surface area contributed by atoms with E-state index in [-0.39, 0.29) is 0 Å². The molecule has 0 saturated heterocycles. The van der Waals surface area contributed by atoms with Crippen LogP contribution in [0.5, 0.6) is 0 Å². The van der Waals surface area contributed by atoms with Gasteiger partial charge in [-0.1, -0.05) is 36.4 Å². The van der Waals surface area contributed by atoms with Crippen molar-refractivity contribution in [2.75, 3.05) is 0 Å². The molecule has 0 aliphatic heterocycles. The van der Waals surface area contributed by atoms with Gasteiger partial charge >= 0.3 is 34.6 Å². The van der Waals surface area contributed by atoms with Crippen molar-refractivity contribution in [3.05, 3.63) is 36.4 Å². The van der Waals surface area contributed by atoms with Gasteiger partial charge in [-0.3, -0.25) is 0 Å². The average Bonchev–Trinajstić information content (AvgIpc) is 1.90. The third-order valence-electron chi connectivity index (χ3n) is 0.667. The summed E-state index contributed by atoms with van der Waals surface area (Å²) in [5.74, 6) is 0. The van der Waals surface area contributed by atoms with Crippen molar-refractivity contribution in [3.8, 4) is 0 Å². The van der Waals surface area contributed by atoms with Crippen LogP contribution in [0.1, 0.15) is 0 Å². The Kier molecular flexibility index (Phi) is 7.14. The maximum Gasteiger partial charge on any atom is -0.0623 e. The van der Waals surface area contributed by atoms with Crippen molar-refractivity contribution >= 4 is 19.8 Å².